The molecule has 1 fully saturated rings. The van der Waals surface area contributed by atoms with Gasteiger partial charge in [0.1, 0.15) is 6.04 Å². The van der Waals surface area contributed by atoms with Crippen LogP contribution in [0.15, 0.2) is 161 Å². The quantitative estimate of drug-likeness (QED) is 0.0707. The van der Waals surface area contributed by atoms with Gasteiger partial charge in [0.2, 0.25) is 21.8 Å². The second kappa shape index (κ2) is 20.5. The number of aliphatic hydroxyl groups excluding tert-OH is 1. The van der Waals surface area contributed by atoms with Crippen LogP contribution in [0, 0.1) is 12.8 Å². The van der Waals surface area contributed by atoms with E-state index in [1.807, 2.05) is 134 Å². The molecule has 0 unspecified atom stereocenters. The zero-order valence-corrected chi connectivity index (χ0v) is 36.5. The summed E-state index contributed by atoms with van der Waals surface area (Å²) < 4.78 is 42.8. The maximum absolute atomic E-state index is 13.7. The summed E-state index contributed by atoms with van der Waals surface area (Å²) in [4.78, 5) is 26.3. The maximum atomic E-state index is 13.7. The van der Waals surface area contributed by atoms with E-state index in [0.717, 1.165) is 55.1 Å². The largest absolute Gasteiger partial charge is 0.392 e. The Bertz CT molecular complexity index is 2540. The molecule has 7 rings (SSSR count). The minimum absolute atomic E-state index is 0.0156. The highest BCUT2D eigenvalue weighted by molar-refractivity contribution is 7.99. The standard InChI is InChI=1S/C50H51N3O7S2/c1-33-12-26-45(27-13-33)62(57,58)53-46(29-36-8-5-4-6-9-36)49(56)51-30-38-10-7-11-42(28-38)39-18-20-41(21-19-39)50-59-47(32-61-44-24-22-43(23-25-44)52-35(3)55)34(2)48(60-50)40-16-14-37(31-54)15-17-40/h4-28,34,46-48,50,53-54H,29-32H2,1-3H3,(H,51,56)(H,52,55)/t34-,46+,47+,48+,50+/m0/s1. The van der Waals surface area contributed by atoms with Crippen LogP contribution in [-0.2, 0) is 48.7 Å². The van der Waals surface area contributed by atoms with Gasteiger partial charge in [0.25, 0.3) is 0 Å². The number of carbonyl (C=O) groups excluding carboxylic acids is 2. The second-order valence-corrected chi connectivity index (χ2v) is 18.4. The van der Waals surface area contributed by atoms with E-state index in [1.54, 1.807) is 23.9 Å². The zero-order chi connectivity index (χ0) is 43.6. The van der Waals surface area contributed by atoms with Crippen LogP contribution in [0.25, 0.3) is 11.1 Å². The molecule has 1 aliphatic heterocycles. The maximum Gasteiger partial charge on any atom is 0.241 e. The number of thioether (sulfide) groups is 1. The van der Waals surface area contributed by atoms with Gasteiger partial charge in [-0.05, 0) is 89.2 Å². The first-order valence-corrected chi connectivity index (χ1v) is 23.0. The molecule has 4 N–H and O–H groups in total. The Balaban J connectivity index is 1.04. The highest BCUT2D eigenvalue weighted by atomic mass is 32.2. The van der Waals surface area contributed by atoms with E-state index < -0.39 is 28.3 Å². The molecule has 0 aromatic heterocycles. The van der Waals surface area contributed by atoms with Gasteiger partial charge < -0.3 is 25.2 Å². The normalized spacial score (nSPS) is 18.1. The van der Waals surface area contributed by atoms with Crippen molar-refractivity contribution >= 4 is 39.3 Å². The van der Waals surface area contributed by atoms with Crippen LogP contribution in [-0.4, -0.2) is 43.2 Å². The third-order valence-corrected chi connectivity index (χ3v) is 13.4. The molecule has 0 radical (unpaired) electrons. The number of hydrogen-bond donors (Lipinski definition) is 4. The molecule has 0 aliphatic carbocycles. The third kappa shape index (κ3) is 11.6. The van der Waals surface area contributed by atoms with Crippen LogP contribution in [0.4, 0.5) is 5.69 Å². The average Bonchev–Trinajstić information content (AvgIpc) is 3.28. The fraction of sp³-hybridized carbons (Fsp3) is 0.240. The van der Waals surface area contributed by atoms with E-state index >= 15 is 0 Å². The van der Waals surface area contributed by atoms with Crippen molar-refractivity contribution in [1.82, 2.24) is 10.0 Å². The minimum atomic E-state index is -3.97. The highest BCUT2D eigenvalue weighted by Gasteiger charge is 2.38. The van der Waals surface area contributed by atoms with Crippen molar-refractivity contribution in [1.29, 1.82) is 0 Å². The van der Waals surface area contributed by atoms with Gasteiger partial charge in [-0.1, -0.05) is 122 Å². The lowest BCUT2D eigenvalue weighted by Gasteiger charge is -2.41. The highest BCUT2D eigenvalue weighted by Crippen LogP contribution is 2.43. The second-order valence-electron chi connectivity index (χ2n) is 15.6. The minimum Gasteiger partial charge on any atom is -0.392 e. The van der Waals surface area contributed by atoms with Crippen molar-refractivity contribution in [3.63, 3.8) is 0 Å². The SMILES string of the molecule is CC(=O)Nc1ccc(SC[C@H]2O[C@@H](c3ccc(-c4cccc(CNC(=O)[C@@H](Cc5ccccc5)NS(=O)(=O)c5ccc(C)cc5)c4)cc3)O[C@@H](c3ccc(CO)cc3)[C@H]2C)cc1. The van der Waals surface area contributed by atoms with E-state index in [-0.39, 0.29) is 48.5 Å². The zero-order valence-electron chi connectivity index (χ0n) is 34.9. The summed E-state index contributed by atoms with van der Waals surface area (Å²) >= 11 is 1.69. The van der Waals surface area contributed by atoms with Gasteiger partial charge in [-0.2, -0.15) is 4.72 Å². The lowest BCUT2D eigenvalue weighted by molar-refractivity contribution is -0.268. The predicted octanol–water partition coefficient (Wildman–Crippen LogP) is 8.90. The fourth-order valence-electron chi connectivity index (χ4n) is 7.34. The van der Waals surface area contributed by atoms with Crippen molar-refractivity contribution < 1.29 is 32.6 Å². The Labute approximate surface area is 368 Å². The fourth-order valence-corrected chi connectivity index (χ4v) is 9.61. The molecule has 0 spiro atoms. The summed E-state index contributed by atoms with van der Waals surface area (Å²) in [6, 6.07) is 46.4. The Morgan fingerprint density at radius 2 is 1.42 bits per heavy atom. The van der Waals surface area contributed by atoms with Gasteiger partial charge in [-0.15, -0.1) is 11.8 Å². The van der Waals surface area contributed by atoms with E-state index in [2.05, 4.69) is 22.3 Å². The molecule has 5 atom stereocenters. The molecule has 1 aliphatic rings. The number of nitrogens with one attached hydrogen (secondary N) is 3. The average molecular weight is 870 g/mol. The molecule has 0 saturated carbocycles. The first-order valence-electron chi connectivity index (χ1n) is 20.5. The Hall–Kier alpha value is -5.60. The number of rotatable bonds is 16. The van der Waals surface area contributed by atoms with E-state index in [4.69, 9.17) is 9.47 Å². The molecule has 12 heteroatoms. The monoisotopic (exact) mass is 869 g/mol. The number of sulfonamides is 1. The van der Waals surface area contributed by atoms with Crippen LogP contribution in [0.2, 0.25) is 0 Å². The van der Waals surface area contributed by atoms with E-state index in [1.165, 1.54) is 19.1 Å². The van der Waals surface area contributed by atoms with E-state index in [9.17, 15) is 23.1 Å². The molecule has 1 heterocycles. The molecule has 320 valence electrons. The summed E-state index contributed by atoms with van der Waals surface area (Å²) in [6.07, 6.45) is -0.869. The third-order valence-electron chi connectivity index (χ3n) is 10.9. The summed E-state index contributed by atoms with van der Waals surface area (Å²) in [5, 5.41) is 15.4. The predicted molar refractivity (Wildman–Crippen MR) is 244 cm³/mol. The Morgan fingerprint density at radius 3 is 2.10 bits per heavy atom. The molecule has 62 heavy (non-hydrogen) atoms. The summed E-state index contributed by atoms with van der Waals surface area (Å²) in [5.74, 6) is 0.149. The van der Waals surface area contributed by atoms with Crippen LogP contribution in [0.1, 0.15) is 59.6 Å². The molecule has 6 aromatic rings. The van der Waals surface area contributed by atoms with Crippen LogP contribution in [0.3, 0.4) is 0 Å². The van der Waals surface area contributed by atoms with Crippen molar-refractivity contribution in [3.8, 4) is 11.1 Å². The van der Waals surface area contributed by atoms with Gasteiger partial charge in [0, 0.05) is 41.3 Å². The first kappa shape index (κ1) is 44.5. The van der Waals surface area contributed by atoms with E-state index in [0.29, 0.717) is 5.75 Å². The number of aliphatic hydroxyl groups is 1. The molecule has 6 aromatic carbocycles. The van der Waals surface area contributed by atoms with Gasteiger partial charge >= 0.3 is 0 Å². The summed E-state index contributed by atoms with van der Waals surface area (Å²) in [5.41, 5.74) is 7.98. The molecular weight excluding hydrogens is 819 g/mol. The van der Waals surface area contributed by atoms with Gasteiger partial charge in [-0.3, -0.25) is 9.59 Å². The lowest BCUT2D eigenvalue weighted by atomic mass is 9.91. The molecular formula is C50H51N3O7S2. The first-order chi connectivity index (χ1) is 29.9. The van der Waals surface area contributed by atoms with Gasteiger partial charge in [-0.25, -0.2) is 8.42 Å². The van der Waals surface area contributed by atoms with Crippen molar-refractivity contribution in [3.05, 3.63) is 185 Å². The number of ether oxygens (including phenoxy) is 2. The number of hydrogen-bond acceptors (Lipinski definition) is 8. The number of benzene rings is 6. The summed E-state index contributed by atoms with van der Waals surface area (Å²) in [7, 11) is -3.97. The molecule has 0 bridgehead atoms. The topological polar surface area (TPSA) is 143 Å². The number of aryl methyl sites for hydroxylation is 1. The smallest absolute Gasteiger partial charge is 0.241 e. The number of carbonyl (C=O) groups is 2. The number of anilines is 1. The summed E-state index contributed by atoms with van der Waals surface area (Å²) in [6.45, 7) is 5.67. The Morgan fingerprint density at radius 1 is 0.742 bits per heavy atom. The van der Waals surface area contributed by atoms with Crippen molar-refractivity contribution in [2.45, 2.75) is 74.7 Å². The van der Waals surface area contributed by atoms with Crippen molar-refractivity contribution in [2.24, 2.45) is 5.92 Å². The van der Waals surface area contributed by atoms with Crippen LogP contribution >= 0.6 is 11.8 Å². The molecule has 10 nitrogen and oxygen atoms in total. The van der Waals surface area contributed by atoms with Crippen LogP contribution in [0.5, 0.6) is 0 Å². The van der Waals surface area contributed by atoms with Gasteiger partial charge in [0.05, 0.1) is 23.7 Å². The number of amides is 2. The molecule has 2 amide bonds. The lowest BCUT2D eigenvalue weighted by Crippen LogP contribution is -2.47. The van der Waals surface area contributed by atoms with Crippen LogP contribution < -0.4 is 15.4 Å². The van der Waals surface area contributed by atoms with Crippen molar-refractivity contribution in [2.75, 3.05) is 11.1 Å². The van der Waals surface area contributed by atoms with Gasteiger partial charge in [0.15, 0.2) is 6.29 Å². The molecule has 1 saturated heterocycles. The Kier molecular flexibility index (Phi) is 14.7.